The van der Waals surface area contributed by atoms with Crippen LogP contribution >= 0.6 is 15.9 Å². The summed E-state index contributed by atoms with van der Waals surface area (Å²) in [6.45, 7) is 1.82. The number of hydrogen-bond donors (Lipinski definition) is 1. The fourth-order valence-electron chi connectivity index (χ4n) is 1.56. The van der Waals surface area contributed by atoms with E-state index in [1.807, 2.05) is 6.92 Å². The van der Waals surface area contributed by atoms with Crippen LogP contribution in [0, 0.1) is 5.82 Å². The standard InChI is InChI=1S/C11H11BrFN3/c1-7(14)9-3-2-4-10(13)11(9)16-6-8(12)5-15-16/h2-7H,14H2,1H3/t7-/m0/s1. The van der Waals surface area contributed by atoms with Gasteiger partial charge in [0.05, 0.1) is 10.7 Å². The van der Waals surface area contributed by atoms with Crippen LogP contribution in [0.4, 0.5) is 4.39 Å². The molecule has 0 fully saturated rings. The third-order valence-corrected chi connectivity index (χ3v) is 2.70. The molecule has 1 heterocycles. The molecular formula is C11H11BrFN3. The van der Waals surface area contributed by atoms with Crippen LogP contribution < -0.4 is 5.73 Å². The molecular weight excluding hydrogens is 273 g/mol. The van der Waals surface area contributed by atoms with Gasteiger partial charge in [0, 0.05) is 12.2 Å². The predicted molar refractivity (Wildman–Crippen MR) is 63.8 cm³/mol. The number of hydrogen-bond acceptors (Lipinski definition) is 2. The summed E-state index contributed by atoms with van der Waals surface area (Å²) in [7, 11) is 0. The van der Waals surface area contributed by atoms with Gasteiger partial charge in [0.1, 0.15) is 11.5 Å². The van der Waals surface area contributed by atoms with E-state index >= 15 is 0 Å². The summed E-state index contributed by atoms with van der Waals surface area (Å²) in [5, 5.41) is 4.06. The van der Waals surface area contributed by atoms with E-state index in [2.05, 4.69) is 21.0 Å². The van der Waals surface area contributed by atoms with Crippen molar-refractivity contribution in [2.45, 2.75) is 13.0 Å². The number of para-hydroxylation sites is 1. The first-order valence-corrected chi connectivity index (χ1v) is 5.63. The summed E-state index contributed by atoms with van der Waals surface area (Å²) >= 11 is 3.28. The van der Waals surface area contributed by atoms with Gasteiger partial charge >= 0.3 is 0 Å². The quantitative estimate of drug-likeness (QED) is 0.921. The van der Waals surface area contributed by atoms with E-state index in [0.717, 1.165) is 10.0 Å². The van der Waals surface area contributed by atoms with E-state index in [-0.39, 0.29) is 11.9 Å². The maximum absolute atomic E-state index is 13.8. The minimum atomic E-state index is -0.328. The molecule has 0 aliphatic heterocycles. The molecule has 0 saturated heterocycles. The molecule has 84 valence electrons. The minimum Gasteiger partial charge on any atom is -0.324 e. The number of halogens is 2. The molecule has 0 radical (unpaired) electrons. The van der Waals surface area contributed by atoms with Crippen molar-refractivity contribution in [3.63, 3.8) is 0 Å². The van der Waals surface area contributed by atoms with Crippen molar-refractivity contribution in [2.24, 2.45) is 5.73 Å². The number of nitrogens with two attached hydrogens (primary N) is 1. The van der Waals surface area contributed by atoms with Gasteiger partial charge in [-0.05, 0) is 34.5 Å². The molecule has 2 rings (SSSR count). The molecule has 1 aromatic heterocycles. The minimum absolute atomic E-state index is 0.242. The van der Waals surface area contributed by atoms with Gasteiger partial charge in [0.25, 0.3) is 0 Å². The van der Waals surface area contributed by atoms with Crippen molar-refractivity contribution in [1.82, 2.24) is 9.78 Å². The predicted octanol–water partition coefficient (Wildman–Crippen LogP) is 2.79. The van der Waals surface area contributed by atoms with Crippen molar-refractivity contribution in [3.05, 3.63) is 46.4 Å². The van der Waals surface area contributed by atoms with Gasteiger partial charge in [-0.3, -0.25) is 0 Å². The maximum Gasteiger partial charge on any atom is 0.149 e. The topological polar surface area (TPSA) is 43.8 Å². The van der Waals surface area contributed by atoms with Crippen LogP contribution in [-0.2, 0) is 0 Å². The molecule has 0 spiro atoms. The lowest BCUT2D eigenvalue weighted by molar-refractivity contribution is 0.603. The van der Waals surface area contributed by atoms with Crippen molar-refractivity contribution < 1.29 is 4.39 Å². The summed E-state index contributed by atoms with van der Waals surface area (Å²) in [6.07, 6.45) is 3.31. The van der Waals surface area contributed by atoms with Crippen LogP contribution in [0.2, 0.25) is 0 Å². The Hall–Kier alpha value is -1.20. The third-order valence-electron chi connectivity index (χ3n) is 2.29. The highest BCUT2D eigenvalue weighted by Crippen LogP contribution is 2.23. The largest absolute Gasteiger partial charge is 0.324 e. The zero-order chi connectivity index (χ0) is 11.7. The molecule has 1 aromatic carbocycles. The van der Waals surface area contributed by atoms with E-state index in [4.69, 9.17) is 5.73 Å². The number of rotatable bonds is 2. The summed E-state index contributed by atoms with van der Waals surface area (Å²) < 4.78 is 16.1. The Morgan fingerprint density at radius 3 is 2.81 bits per heavy atom. The lowest BCUT2D eigenvalue weighted by Crippen LogP contribution is -2.11. The first-order chi connectivity index (χ1) is 7.59. The molecule has 0 amide bonds. The highest BCUT2D eigenvalue weighted by Gasteiger charge is 2.14. The van der Waals surface area contributed by atoms with Crippen molar-refractivity contribution >= 4 is 15.9 Å². The van der Waals surface area contributed by atoms with E-state index in [1.165, 1.54) is 10.7 Å². The van der Waals surface area contributed by atoms with Crippen molar-refractivity contribution in [3.8, 4) is 5.69 Å². The van der Waals surface area contributed by atoms with Gasteiger partial charge in [-0.25, -0.2) is 9.07 Å². The van der Waals surface area contributed by atoms with Crippen LogP contribution in [0.3, 0.4) is 0 Å². The average Bonchev–Trinajstić information content (AvgIpc) is 2.64. The van der Waals surface area contributed by atoms with Gasteiger partial charge < -0.3 is 5.73 Å². The lowest BCUT2D eigenvalue weighted by Gasteiger charge is -2.13. The Morgan fingerprint density at radius 1 is 1.50 bits per heavy atom. The zero-order valence-electron chi connectivity index (χ0n) is 8.69. The Balaban J connectivity index is 2.62. The second kappa shape index (κ2) is 4.35. The van der Waals surface area contributed by atoms with Crippen molar-refractivity contribution in [2.75, 3.05) is 0 Å². The van der Waals surface area contributed by atoms with E-state index in [9.17, 15) is 4.39 Å². The maximum atomic E-state index is 13.8. The Labute approximate surface area is 101 Å². The van der Waals surface area contributed by atoms with E-state index < -0.39 is 0 Å². The first kappa shape index (κ1) is 11.3. The summed E-state index contributed by atoms with van der Waals surface area (Å²) in [6, 6.07) is 4.61. The second-order valence-electron chi connectivity index (χ2n) is 3.57. The molecule has 0 saturated carbocycles. The van der Waals surface area contributed by atoms with Gasteiger partial charge in [-0.15, -0.1) is 0 Å². The second-order valence-corrected chi connectivity index (χ2v) is 4.49. The first-order valence-electron chi connectivity index (χ1n) is 4.84. The average molecular weight is 284 g/mol. The normalized spacial score (nSPS) is 12.8. The van der Waals surface area contributed by atoms with Gasteiger partial charge in [0.15, 0.2) is 0 Å². The van der Waals surface area contributed by atoms with Crippen LogP contribution in [0.1, 0.15) is 18.5 Å². The molecule has 5 heteroatoms. The molecule has 0 unspecified atom stereocenters. The molecule has 2 N–H and O–H groups in total. The molecule has 2 aromatic rings. The van der Waals surface area contributed by atoms with Crippen LogP contribution in [-0.4, -0.2) is 9.78 Å². The molecule has 0 aliphatic carbocycles. The highest BCUT2D eigenvalue weighted by atomic mass is 79.9. The van der Waals surface area contributed by atoms with Crippen LogP contribution in [0.15, 0.2) is 35.1 Å². The SMILES string of the molecule is C[C@H](N)c1cccc(F)c1-n1cc(Br)cn1. The number of benzene rings is 1. The van der Waals surface area contributed by atoms with Crippen LogP contribution in [0.5, 0.6) is 0 Å². The van der Waals surface area contributed by atoms with E-state index in [1.54, 1.807) is 24.5 Å². The molecule has 1 atom stereocenters. The highest BCUT2D eigenvalue weighted by molar-refractivity contribution is 9.10. The van der Waals surface area contributed by atoms with Crippen molar-refractivity contribution in [1.29, 1.82) is 0 Å². The summed E-state index contributed by atoms with van der Waals surface area (Å²) in [5.41, 5.74) is 6.95. The van der Waals surface area contributed by atoms with Gasteiger partial charge in [-0.2, -0.15) is 5.10 Å². The summed E-state index contributed by atoms with van der Waals surface area (Å²) in [4.78, 5) is 0. The van der Waals surface area contributed by atoms with E-state index in [0.29, 0.717) is 5.69 Å². The van der Waals surface area contributed by atoms with Gasteiger partial charge in [-0.1, -0.05) is 12.1 Å². The fourth-order valence-corrected chi connectivity index (χ4v) is 1.85. The third kappa shape index (κ3) is 2.01. The summed E-state index contributed by atoms with van der Waals surface area (Å²) in [5.74, 6) is -0.328. The lowest BCUT2D eigenvalue weighted by atomic mass is 10.1. The number of nitrogens with zero attached hydrogens (tertiary/aromatic N) is 2. The monoisotopic (exact) mass is 283 g/mol. The molecule has 16 heavy (non-hydrogen) atoms. The fraction of sp³-hybridized carbons (Fsp3) is 0.182. The zero-order valence-corrected chi connectivity index (χ0v) is 10.3. The smallest absolute Gasteiger partial charge is 0.149 e. The van der Waals surface area contributed by atoms with Crippen LogP contribution in [0.25, 0.3) is 5.69 Å². The number of aromatic nitrogens is 2. The Kier molecular flexibility index (Phi) is 3.07. The van der Waals surface area contributed by atoms with Gasteiger partial charge in [0.2, 0.25) is 0 Å². The molecule has 0 aliphatic rings. The molecule has 3 nitrogen and oxygen atoms in total. The Bertz CT molecular complexity index is 508. The Morgan fingerprint density at radius 2 is 2.25 bits per heavy atom. The molecule has 0 bridgehead atoms.